The third kappa shape index (κ3) is 3.70. The number of hydrogen-bond donors (Lipinski definition) is 1. The van der Waals surface area contributed by atoms with E-state index < -0.39 is 0 Å². The molecule has 0 amide bonds. The normalized spacial score (nSPS) is 18.2. The molecule has 154 valence electrons. The minimum absolute atomic E-state index is 0.0293. The van der Waals surface area contributed by atoms with E-state index in [0.717, 1.165) is 17.1 Å². The van der Waals surface area contributed by atoms with Crippen LogP contribution in [0.5, 0.6) is 0 Å². The van der Waals surface area contributed by atoms with Gasteiger partial charge in [0.05, 0.1) is 30.0 Å². The Kier molecular flexibility index (Phi) is 5.22. The smallest absolute Gasteiger partial charge is 0.170 e. The van der Waals surface area contributed by atoms with E-state index in [0.29, 0.717) is 11.7 Å². The lowest BCUT2D eigenvalue weighted by Crippen LogP contribution is -2.30. The van der Waals surface area contributed by atoms with E-state index in [1.165, 1.54) is 11.4 Å². The Balaban J connectivity index is 1.63. The van der Waals surface area contributed by atoms with Crippen molar-refractivity contribution in [2.75, 3.05) is 0 Å². The zero-order valence-corrected chi connectivity index (χ0v) is 18.0. The van der Waals surface area contributed by atoms with Gasteiger partial charge < -0.3 is 14.8 Å². The third-order valence-corrected chi connectivity index (χ3v) is 6.03. The summed E-state index contributed by atoms with van der Waals surface area (Å²) >= 11 is 5.81. The number of aryl methyl sites for hydroxylation is 1. The number of hydrogen-bond acceptors (Lipinski definition) is 3. The van der Waals surface area contributed by atoms with Gasteiger partial charge in [-0.15, -0.1) is 0 Å². The number of rotatable bonds is 5. The van der Waals surface area contributed by atoms with Crippen molar-refractivity contribution in [3.8, 4) is 5.69 Å². The highest BCUT2D eigenvalue weighted by Gasteiger charge is 2.41. The summed E-state index contributed by atoms with van der Waals surface area (Å²) < 4.78 is 2.31. The molecule has 2 atom stereocenters. The highest BCUT2D eigenvalue weighted by Crippen LogP contribution is 2.40. The van der Waals surface area contributed by atoms with Crippen molar-refractivity contribution in [2.24, 2.45) is 0 Å². The summed E-state index contributed by atoms with van der Waals surface area (Å²) in [5, 5.41) is 4.24. The number of benzene rings is 1. The van der Waals surface area contributed by atoms with Crippen LogP contribution in [0.1, 0.15) is 34.9 Å². The van der Waals surface area contributed by atoms with Gasteiger partial charge in [0.15, 0.2) is 5.11 Å². The first-order valence-corrected chi connectivity index (χ1v) is 10.7. The number of nitrogens with zero attached hydrogens (tertiary/aromatic N) is 4. The Hall–Kier alpha value is -3.51. The second-order valence-corrected chi connectivity index (χ2v) is 8.03. The van der Waals surface area contributed by atoms with Crippen molar-refractivity contribution in [3.05, 3.63) is 114 Å². The van der Waals surface area contributed by atoms with Gasteiger partial charge in [0.2, 0.25) is 0 Å². The standard InChI is InChI=1S/C25H23N5S/c1-18-13-14-22(30(18)20-10-3-2-4-11-20)24-23(21-12-6-8-16-27-21)28-25(31)29(24)17-19-9-5-7-15-26-19/h2-16,23-24H,17H2,1H3,(H,28,31). The molecule has 31 heavy (non-hydrogen) atoms. The Morgan fingerprint density at radius 3 is 2.32 bits per heavy atom. The highest BCUT2D eigenvalue weighted by atomic mass is 32.1. The fourth-order valence-corrected chi connectivity index (χ4v) is 4.59. The summed E-state index contributed by atoms with van der Waals surface area (Å²) in [6.45, 7) is 2.76. The molecule has 1 fully saturated rings. The second kappa shape index (κ2) is 8.32. The van der Waals surface area contributed by atoms with Gasteiger partial charge >= 0.3 is 0 Å². The summed E-state index contributed by atoms with van der Waals surface area (Å²) in [5.41, 5.74) is 5.43. The van der Waals surface area contributed by atoms with Gasteiger partial charge in [-0.05, 0) is 67.7 Å². The van der Waals surface area contributed by atoms with Crippen molar-refractivity contribution >= 4 is 17.3 Å². The average Bonchev–Trinajstić information content (AvgIpc) is 3.35. The molecule has 1 aromatic carbocycles. The topological polar surface area (TPSA) is 46.0 Å². The van der Waals surface area contributed by atoms with Crippen LogP contribution in [0.2, 0.25) is 0 Å². The molecule has 1 aliphatic rings. The van der Waals surface area contributed by atoms with Crippen LogP contribution in [0.25, 0.3) is 5.69 Å². The maximum absolute atomic E-state index is 5.81. The summed E-state index contributed by atoms with van der Waals surface area (Å²) in [7, 11) is 0. The number of aromatic nitrogens is 3. The largest absolute Gasteiger partial charge is 0.352 e. The van der Waals surface area contributed by atoms with E-state index in [1.807, 2.05) is 48.8 Å². The van der Waals surface area contributed by atoms with Crippen LogP contribution >= 0.6 is 12.2 Å². The van der Waals surface area contributed by atoms with Gasteiger partial charge in [-0.1, -0.05) is 30.3 Å². The fourth-order valence-electron chi connectivity index (χ4n) is 4.28. The lowest BCUT2D eigenvalue weighted by molar-refractivity contribution is 0.299. The van der Waals surface area contributed by atoms with Crippen LogP contribution in [-0.4, -0.2) is 24.5 Å². The van der Waals surface area contributed by atoms with Crippen molar-refractivity contribution in [2.45, 2.75) is 25.6 Å². The summed E-state index contributed by atoms with van der Waals surface area (Å²) in [6, 6.07) is 26.7. The summed E-state index contributed by atoms with van der Waals surface area (Å²) in [6.07, 6.45) is 3.66. The number of nitrogens with one attached hydrogen (secondary N) is 1. The molecule has 5 rings (SSSR count). The predicted molar refractivity (Wildman–Crippen MR) is 126 cm³/mol. The molecule has 3 aromatic heterocycles. The molecule has 4 aromatic rings. The molecule has 1 saturated heterocycles. The van der Waals surface area contributed by atoms with Crippen LogP contribution in [0, 0.1) is 6.92 Å². The Labute approximate surface area is 187 Å². The zero-order valence-electron chi connectivity index (χ0n) is 17.2. The molecule has 6 heteroatoms. The molecule has 0 saturated carbocycles. The quantitative estimate of drug-likeness (QED) is 0.468. The van der Waals surface area contributed by atoms with E-state index in [2.05, 4.69) is 74.1 Å². The van der Waals surface area contributed by atoms with Gasteiger partial charge in [-0.3, -0.25) is 9.97 Å². The lowest BCUT2D eigenvalue weighted by Gasteiger charge is -2.29. The average molecular weight is 426 g/mol. The van der Waals surface area contributed by atoms with Crippen molar-refractivity contribution in [1.29, 1.82) is 0 Å². The predicted octanol–water partition coefficient (Wildman–Crippen LogP) is 4.75. The Bertz CT molecular complexity index is 1170. The van der Waals surface area contributed by atoms with Crippen LogP contribution in [0.4, 0.5) is 0 Å². The molecule has 4 heterocycles. The molecule has 0 radical (unpaired) electrons. The third-order valence-electron chi connectivity index (χ3n) is 5.68. The lowest BCUT2D eigenvalue weighted by atomic mass is 10.0. The van der Waals surface area contributed by atoms with E-state index in [4.69, 9.17) is 12.2 Å². The maximum atomic E-state index is 5.81. The van der Waals surface area contributed by atoms with E-state index >= 15 is 0 Å². The summed E-state index contributed by atoms with van der Waals surface area (Å²) in [4.78, 5) is 11.4. The van der Waals surface area contributed by atoms with Gasteiger partial charge in [-0.25, -0.2) is 0 Å². The molecule has 0 bridgehead atoms. The minimum Gasteiger partial charge on any atom is -0.352 e. The fraction of sp³-hybridized carbons (Fsp3) is 0.160. The van der Waals surface area contributed by atoms with Crippen LogP contribution in [0.15, 0.2) is 91.3 Å². The SMILES string of the molecule is Cc1ccc(C2C(c3ccccn3)NC(=S)N2Cc2ccccn2)n1-c1ccccc1. The number of para-hydroxylation sites is 1. The van der Waals surface area contributed by atoms with E-state index in [-0.39, 0.29) is 12.1 Å². The molecular formula is C25H23N5S. The Morgan fingerprint density at radius 2 is 1.61 bits per heavy atom. The molecule has 1 aliphatic heterocycles. The van der Waals surface area contributed by atoms with Crippen LogP contribution in [-0.2, 0) is 6.54 Å². The van der Waals surface area contributed by atoms with Crippen molar-refractivity contribution in [1.82, 2.24) is 24.8 Å². The molecule has 0 aliphatic carbocycles. The number of pyridine rings is 2. The second-order valence-electron chi connectivity index (χ2n) is 7.65. The molecule has 5 nitrogen and oxygen atoms in total. The van der Waals surface area contributed by atoms with Crippen molar-refractivity contribution in [3.63, 3.8) is 0 Å². The van der Waals surface area contributed by atoms with Gasteiger partial charge in [0, 0.05) is 29.5 Å². The molecular weight excluding hydrogens is 402 g/mol. The van der Waals surface area contributed by atoms with Gasteiger partial charge in [-0.2, -0.15) is 0 Å². The van der Waals surface area contributed by atoms with Crippen LogP contribution < -0.4 is 5.32 Å². The van der Waals surface area contributed by atoms with E-state index in [1.54, 1.807) is 0 Å². The Morgan fingerprint density at radius 1 is 0.871 bits per heavy atom. The zero-order chi connectivity index (χ0) is 21.2. The number of thiocarbonyl (C=S) groups is 1. The minimum atomic E-state index is -0.0609. The molecule has 1 N–H and O–H groups in total. The molecule has 2 unspecified atom stereocenters. The van der Waals surface area contributed by atoms with Crippen molar-refractivity contribution < 1.29 is 0 Å². The van der Waals surface area contributed by atoms with Gasteiger partial charge in [0.25, 0.3) is 0 Å². The maximum Gasteiger partial charge on any atom is 0.170 e. The first kappa shape index (κ1) is 19.5. The first-order valence-electron chi connectivity index (χ1n) is 10.3. The summed E-state index contributed by atoms with van der Waals surface area (Å²) in [5.74, 6) is 0. The monoisotopic (exact) mass is 425 g/mol. The first-order chi connectivity index (χ1) is 15.2. The van der Waals surface area contributed by atoms with Crippen LogP contribution in [0.3, 0.4) is 0 Å². The van der Waals surface area contributed by atoms with E-state index in [9.17, 15) is 0 Å². The highest BCUT2D eigenvalue weighted by molar-refractivity contribution is 7.80. The van der Waals surface area contributed by atoms with Gasteiger partial charge in [0.1, 0.15) is 0 Å². The molecule has 0 spiro atoms.